The van der Waals surface area contributed by atoms with Gasteiger partial charge in [-0.05, 0) is 44.1 Å². The van der Waals surface area contributed by atoms with Gasteiger partial charge in [0.2, 0.25) is 0 Å². The normalized spacial score (nSPS) is 17.4. The second-order valence-electron chi connectivity index (χ2n) is 5.16. The minimum absolute atomic E-state index is 0.0790. The van der Waals surface area contributed by atoms with Gasteiger partial charge in [-0.1, -0.05) is 18.9 Å². The van der Waals surface area contributed by atoms with Crippen LogP contribution in [0.4, 0.5) is 4.79 Å². The van der Waals surface area contributed by atoms with Gasteiger partial charge < -0.3 is 10.2 Å². The van der Waals surface area contributed by atoms with Crippen molar-refractivity contribution in [2.45, 2.75) is 45.6 Å². The summed E-state index contributed by atoms with van der Waals surface area (Å²) >= 11 is 1.75. The van der Waals surface area contributed by atoms with E-state index < -0.39 is 0 Å². The summed E-state index contributed by atoms with van der Waals surface area (Å²) in [6.45, 7) is 5.59. The molecule has 1 aliphatic rings. The smallest absolute Gasteiger partial charge is 0.317 e. The molecule has 3 nitrogen and oxygen atoms in total. The van der Waals surface area contributed by atoms with Crippen LogP contribution in [0.25, 0.3) is 0 Å². The summed E-state index contributed by atoms with van der Waals surface area (Å²) in [6.07, 6.45) is 5.07. The maximum atomic E-state index is 12.3. The number of hydrogen-bond acceptors (Lipinski definition) is 2. The number of carbonyl (C=O) groups is 1. The Kier molecular flexibility index (Phi) is 5.25. The fourth-order valence-corrected chi connectivity index (χ4v) is 3.78. The Morgan fingerprint density at radius 3 is 2.63 bits per heavy atom. The lowest BCUT2D eigenvalue weighted by molar-refractivity contribution is 0.194. The summed E-state index contributed by atoms with van der Waals surface area (Å²) in [5.41, 5.74) is 0. The van der Waals surface area contributed by atoms with Crippen LogP contribution in [0.3, 0.4) is 0 Å². The molecule has 1 atom stereocenters. The summed E-state index contributed by atoms with van der Waals surface area (Å²) in [6, 6.07) is 4.51. The van der Waals surface area contributed by atoms with Gasteiger partial charge in [-0.15, -0.1) is 11.3 Å². The van der Waals surface area contributed by atoms with Crippen molar-refractivity contribution in [1.82, 2.24) is 10.2 Å². The molecule has 0 saturated heterocycles. The number of nitrogens with one attached hydrogen (secondary N) is 1. The van der Waals surface area contributed by atoms with E-state index in [0.29, 0.717) is 5.92 Å². The van der Waals surface area contributed by atoms with Crippen LogP contribution in [0, 0.1) is 5.92 Å². The van der Waals surface area contributed by atoms with E-state index in [1.54, 1.807) is 11.3 Å². The van der Waals surface area contributed by atoms with Crippen molar-refractivity contribution in [2.24, 2.45) is 5.92 Å². The molecule has 1 aromatic heterocycles. The molecule has 1 N–H and O–H groups in total. The highest BCUT2D eigenvalue weighted by Crippen LogP contribution is 2.37. The monoisotopic (exact) mass is 280 g/mol. The Balaban J connectivity index is 2.07. The van der Waals surface area contributed by atoms with E-state index in [0.717, 1.165) is 13.1 Å². The van der Waals surface area contributed by atoms with Crippen LogP contribution in [-0.4, -0.2) is 24.0 Å². The van der Waals surface area contributed by atoms with Crippen LogP contribution in [0.15, 0.2) is 17.5 Å². The maximum absolute atomic E-state index is 12.3. The molecule has 1 aromatic rings. The molecule has 1 unspecified atom stereocenters. The van der Waals surface area contributed by atoms with Gasteiger partial charge in [-0.3, -0.25) is 0 Å². The summed E-state index contributed by atoms with van der Waals surface area (Å²) in [5.74, 6) is 0.609. The SMILES string of the molecule is CCN(CC)C(=O)NC(c1cccs1)C1CCCC1. The quantitative estimate of drug-likeness (QED) is 0.867. The van der Waals surface area contributed by atoms with Crippen molar-refractivity contribution in [3.63, 3.8) is 0 Å². The molecule has 0 bridgehead atoms. The topological polar surface area (TPSA) is 32.3 Å². The number of hydrogen-bond donors (Lipinski definition) is 1. The average Bonchev–Trinajstić information content (AvgIpc) is 3.11. The molecule has 1 saturated carbocycles. The third kappa shape index (κ3) is 3.50. The highest BCUT2D eigenvalue weighted by molar-refractivity contribution is 7.10. The van der Waals surface area contributed by atoms with Crippen LogP contribution < -0.4 is 5.32 Å². The Morgan fingerprint density at radius 2 is 2.11 bits per heavy atom. The molecule has 0 radical (unpaired) electrons. The molecule has 106 valence electrons. The van der Waals surface area contributed by atoms with E-state index in [-0.39, 0.29) is 12.1 Å². The largest absolute Gasteiger partial charge is 0.330 e. The second-order valence-corrected chi connectivity index (χ2v) is 6.14. The zero-order chi connectivity index (χ0) is 13.7. The third-order valence-electron chi connectivity index (χ3n) is 4.05. The molecule has 19 heavy (non-hydrogen) atoms. The van der Waals surface area contributed by atoms with Gasteiger partial charge in [0.25, 0.3) is 0 Å². The molecular formula is C15H24N2OS. The lowest BCUT2D eigenvalue weighted by Gasteiger charge is -2.27. The number of amides is 2. The molecular weight excluding hydrogens is 256 g/mol. The van der Waals surface area contributed by atoms with Gasteiger partial charge in [0.05, 0.1) is 6.04 Å². The predicted molar refractivity (Wildman–Crippen MR) is 80.5 cm³/mol. The number of thiophene rings is 1. The Hall–Kier alpha value is -1.03. The minimum atomic E-state index is 0.0790. The van der Waals surface area contributed by atoms with E-state index in [9.17, 15) is 4.79 Å². The van der Waals surface area contributed by atoms with Crippen molar-refractivity contribution in [2.75, 3.05) is 13.1 Å². The summed E-state index contributed by atoms with van der Waals surface area (Å²) in [5, 5.41) is 5.36. The van der Waals surface area contributed by atoms with Crippen LogP contribution in [0.5, 0.6) is 0 Å². The van der Waals surface area contributed by atoms with E-state index in [1.165, 1.54) is 30.6 Å². The number of nitrogens with zero attached hydrogens (tertiary/aromatic N) is 1. The molecule has 1 aliphatic carbocycles. The molecule has 4 heteroatoms. The van der Waals surface area contributed by atoms with Crippen LogP contribution in [0.2, 0.25) is 0 Å². The van der Waals surface area contributed by atoms with E-state index in [2.05, 4.69) is 22.8 Å². The van der Waals surface area contributed by atoms with Crippen molar-refractivity contribution < 1.29 is 4.79 Å². The van der Waals surface area contributed by atoms with Gasteiger partial charge in [0.15, 0.2) is 0 Å². The molecule has 1 heterocycles. The van der Waals surface area contributed by atoms with Crippen LogP contribution in [0.1, 0.15) is 50.4 Å². The fourth-order valence-electron chi connectivity index (χ4n) is 2.92. The number of urea groups is 1. The number of carbonyl (C=O) groups excluding carboxylic acids is 1. The molecule has 0 aromatic carbocycles. The van der Waals surface area contributed by atoms with E-state index in [4.69, 9.17) is 0 Å². The zero-order valence-corrected chi connectivity index (χ0v) is 12.7. The predicted octanol–water partition coefficient (Wildman–Crippen LogP) is 4.03. The first-order valence-corrected chi connectivity index (χ1v) is 8.23. The highest BCUT2D eigenvalue weighted by Gasteiger charge is 2.29. The van der Waals surface area contributed by atoms with Crippen LogP contribution >= 0.6 is 11.3 Å². The van der Waals surface area contributed by atoms with Gasteiger partial charge in [0, 0.05) is 18.0 Å². The lowest BCUT2D eigenvalue weighted by atomic mass is 9.97. The number of rotatable bonds is 5. The lowest BCUT2D eigenvalue weighted by Crippen LogP contribution is -2.42. The van der Waals surface area contributed by atoms with Crippen molar-refractivity contribution in [1.29, 1.82) is 0 Å². The van der Waals surface area contributed by atoms with Crippen LogP contribution in [-0.2, 0) is 0 Å². The van der Waals surface area contributed by atoms with Crippen molar-refractivity contribution >= 4 is 17.4 Å². The molecule has 0 aliphatic heterocycles. The molecule has 1 fully saturated rings. The highest BCUT2D eigenvalue weighted by atomic mass is 32.1. The van der Waals surface area contributed by atoms with Gasteiger partial charge in [0.1, 0.15) is 0 Å². The second kappa shape index (κ2) is 6.94. The van der Waals surface area contributed by atoms with Gasteiger partial charge in [-0.25, -0.2) is 4.79 Å². The summed E-state index contributed by atoms with van der Waals surface area (Å²) in [7, 11) is 0. The molecule has 0 spiro atoms. The summed E-state index contributed by atoms with van der Waals surface area (Å²) < 4.78 is 0. The maximum Gasteiger partial charge on any atom is 0.317 e. The third-order valence-corrected chi connectivity index (χ3v) is 5.01. The average molecular weight is 280 g/mol. The first-order chi connectivity index (χ1) is 9.26. The summed E-state index contributed by atoms with van der Waals surface area (Å²) in [4.78, 5) is 15.4. The molecule has 2 amide bonds. The molecule has 2 rings (SSSR count). The van der Waals surface area contributed by atoms with Crippen molar-refractivity contribution in [3.8, 4) is 0 Å². The fraction of sp³-hybridized carbons (Fsp3) is 0.667. The van der Waals surface area contributed by atoms with Gasteiger partial charge >= 0.3 is 6.03 Å². The first-order valence-electron chi connectivity index (χ1n) is 7.35. The Labute approximate surface area is 120 Å². The zero-order valence-electron chi connectivity index (χ0n) is 11.9. The first kappa shape index (κ1) is 14.4. The Morgan fingerprint density at radius 1 is 1.42 bits per heavy atom. The minimum Gasteiger partial charge on any atom is -0.330 e. The Bertz CT molecular complexity index is 381. The standard InChI is InChI=1S/C15H24N2OS/c1-3-17(4-2)15(18)16-14(12-8-5-6-9-12)13-10-7-11-19-13/h7,10-12,14H,3-6,8-9H2,1-2H3,(H,16,18). The van der Waals surface area contributed by atoms with Crippen molar-refractivity contribution in [3.05, 3.63) is 22.4 Å². The van der Waals surface area contributed by atoms with E-state index >= 15 is 0 Å². The van der Waals surface area contributed by atoms with E-state index in [1.807, 2.05) is 18.7 Å². The van der Waals surface area contributed by atoms with Gasteiger partial charge in [-0.2, -0.15) is 0 Å².